The Morgan fingerprint density at radius 3 is 2.35 bits per heavy atom. The van der Waals surface area contributed by atoms with E-state index in [0.29, 0.717) is 12.2 Å². The van der Waals surface area contributed by atoms with Crippen molar-refractivity contribution in [2.75, 3.05) is 18.0 Å². The van der Waals surface area contributed by atoms with Gasteiger partial charge in [-0.05, 0) is 30.7 Å². The molecule has 2 heterocycles. The molecule has 6 heteroatoms. The number of amides is 1. The van der Waals surface area contributed by atoms with E-state index in [4.69, 9.17) is 0 Å². The molecule has 1 amide bonds. The number of anilines is 2. The molecule has 1 aliphatic rings. The number of hydrogen-bond donors (Lipinski definition) is 1. The van der Waals surface area contributed by atoms with Gasteiger partial charge in [0.25, 0.3) is 5.91 Å². The van der Waals surface area contributed by atoms with E-state index in [2.05, 4.69) is 68.7 Å². The standard InChI is InChI=1S/C20H18N4OS/c25-20(15-14-21-11-12-22-15)23-10-5-13-24-16-6-1-3-8-18(16)26-19-9-4-2-7-17(19)24/h1-4,6-9,11-12,14H,5,10,13H2,(H,23,25). The molecule has 0 bridgehead atoms. The van der Waals surface area contributed by atoms with E-state index in [1.807, 2.05) is 0 Å². The maximum Gasteiger partial charge on any atom is 0.271 e. The SMILES string of the molecule is O=C(NCCCN1c2ccccc2Sc2ccccc21)c1cnccn1. The summed E-state index contributed by atoms with van der Waals surface area (Å²) in [5.41, 5.74) is 2.78. The predicted molar refractivity (Wildman–Crippen MR) is 103 cm³/mol. The maximum absolute atomic E-state index is 12.1. The molecule has 4 rings (SSSR count). The average molecular weight is 362 g/mol. The van der Waals surface area contributed by atoms with Crippen molar-refractivity contribution in [3.63, 3.8) is 0 Å². The third-order valence-electron chi connectivity index (χ3n) is 4.17. The third-order valence-corrected chi connectivity index (χ3v) is 5.30. The van der Waals surface area contributed by atoms with E-state index >= 15 is 0 Å². The van der Waals surface area contributed by atoms with Crippen LogP contribution in [0, 0.1) is 0 Å². The molecule has 0 fully saturated rings. The molecule has 1 aliphatic heterocycles. The second-order valence-electron chi connectivity index (χ2n) is 5.89. The van der Waals surface area contributed by atoms with Gasteiger partial charge in [0.1, 0.15) is 5.69 Å². The number of para-hydroxylation sites is 2. The van der Waals surface area contributed by atoms with E-state index in [-0.39, 0.29) is 5.91 Å². The minimum atomic E-state index is -0.187. The lowest BCUT2D eigenvalue weighted by Crippen LogP contribution is -2.29. The molecule has 3 aromatic rings. The van der Waals surface area contributed by atoms with Crippen LogP contribution < -0.4 is 10.2 Å². The van der Waals surface area contributed by atoms with Crippen LogP contribution in [0.3, 0.4) is 0 Å². The van der Waals surface area contributed by atoms with Crippen LogP contribution in [0.1, 0.15) is 16.9 Å². The van der Waals surface area contributed by atoms with Crippen molar-refractivity contribution in [1.82, 2.24) is 15.3 Å². The molecule has 26 heavy (non-hydrogen) atoms. The van der Waals surface area contributed by atoms with Crippen LogP contribution in [0.4, 0.5) is 11.4 Å². The highest BCUT2D eigenvalue weighted by molar-refractivity contribution is 7.99. The van der Waals surface area contributed by atoms with Crippen molar-refractivity contribution in [3.8, 4) is 0 Å². The fourth-order valence-electron chi connectivity index (χ4n) is 2.97. The summed E-state index contributed by atoms with van der Waals surface area (Å²) in [5, 5.41) is 2.91. The fourth-order valence-corrected chi connectivity index (χ4v) is 4.06. The summed E-state index contributed by atoms with van der Waals surface area (Å²) in [7, 11) is 0. The topological polar surface area (TPSA) is 58.1 Å². The zero-order chi connectivity index (χ0) is 17.8. The summed E-state index contributed by atoms with van der Waals surface area (Å²) in [6.45, 7) is 1.42. The van der Waals surface area contributed by atoms with Crippen LogP contribution in [0.15, 0.2) is 76.9 Å². The highest BCUT2D eigenvalue weighted by atomic mass is 32.2. The Labute approximate surface area is 156 Å². The highest BCUT2D eigenvalue weighted by Crippen LogP contribution is 2.47. The van der Waals surface area contributed by atoms with Crippen molar-refractivity contribution in [3.05, 3.63) is 72.8 Å². The smallest absolute Gasteiger partial charge is 0.271 e. The van der Waals surface area contributed by atoms with Crippen molar-refractivity contribution in [2.45, 2.75) is 16.2 Å². The minimum Gasteiger partial charge on any atom is -0.351 e. The second-order valence-corrected chi connectivity index (χ2v) is 6.97. The van der Waals surface area contributed by atoms with Gasteiger partial charge in [0, 0.05) is 35.3 Å². The number of rotatable bonds is 5. The first-order valence-electron chi connectivity index (χ1n) is 8.50. The third kappa shape index (κ3) is 3.41. The molecule has 0 radical (unpaired) electrons. The quantitative estimate of drug-likeness (QED) is 0.698. The zero-order valence-electron chi connectivity index (χ0n) is 14.1. The van der Waals surface area contributed by atoms with Gasteiger partial charge in [0.15, 0.2) is 0 Å². The number of carbonyl (C=O) groups excluding carboxylic acids is 1. The van der Waals surface area contributed by atoms with Crippen LogP contribution in [-0.4, -0.2) is 29.0 Å². The molecule has 2 aromatic carbocycles. The van der Waals surface area contributed by atoms with Crippen LogP contribution in [0.5, 0.6) is 0 Å². The van der Waals surface area contributed by atoms with Crippen LogP contribution in [0.25, 0.3) is 0 Å². The Kier molecular flexibility index (Phi) is 4.84. The zero-order valence-corrected chi connectivity index (χ0v) is 14.9. The molecule has 0 saturated carbocycles. The number of hydrogen-bond acceptors (Lipinski definition) is 5. The lowest BCUT2D eigenvalue weighted by atomic mass is 10.2. The van der Waals surface area contributed by atoms with Crippen LogP contribution in [-0.2, 0) is 0 Å². The van der Waals surface area contributed by atoms with Crippen molar-refractivity contribution in [2.24, 2.45) is 0 Å². The van der Waals surface area contributed by atoms with Gasteiger partial charge in [-0.2, -0.15) is 0 Å². The number of fused-ring (bicyclic) bond motifs is 2. The van der Waals surface area contributed by atoms with Gasteiger partial charge in [-0.25, -0.2) is 4.98 Å². The van der Waals surface area contributed by atoms with Crippen molar-refractivity contribution in [1.29, 1.82) is 0 Å². The summed E-state index contributed by atoms with van der Waals surface area (Å²) >= 11 is 1.80. The molecular formula is C20H18N4OS. The fraction of sp³-hybridized carbons (Fsp3) is 0.150. The number of benzene rings is 2. The van der Waals surface area contributed by atoms with E-state index < -0.39 is 0 Å². The Hall–Kier alpha value is -2.86. The molecule has 0 atom stereocenters. The Morgan fingerprint density at radius 1 is 1.00 bits per heavy atom. The number of carbonyl (C=O) groups is 1. The van der Waals surface area contributed by atoms with E-state index in [1.165, 1.54) is 33.6 Å². The van der Waals surface area contributed by atoms with Crippen molar-refractivity contribution < 1.29 is 4.79 Å². The van der Waals surface area contributed by atoms with Crippen molar-refractivity contribution >= 4 is 29.0 Å². The van der Waals surface area contributed by atoms with Gasteiger partial charge in [-0.15, -0.1) is 0 Å². The molecule has 0 aliphatic carbocycles. The Bertz CT molecular complexity index is 871. The molecule has 130 valence electrons. The average Bonchev–Trinajstić information content (AvgIpc) is 2.71. The lowest BCUT2D eigenvalue weighted by Gasteiger charge is -2.32. The van der Waals surface area contributed by atoms with Gasteiger partial charge in [0.2, 0.25) is 0 Å². The van der Waals surface area contributed by atoms with Crippen LogP contribution in [0.2, 0.25) is 0 Å². The Balaban J connectivity index is 1.43. The normalized spacial score (nSPS) is 12.2. The summed E-state index contributed by atoms with van der Waals surface area (Å²) in [6, 6.07) is 16.9. The highest BCUT2D eigenvalue weighted by Gasteiger charge is 2.22. The first kappa shape index (κ1) is 16.6. The van der Waals surface area contributed by atoms with E-state index in [0.717, 1.165) is 13.0 Å². The largest absolute Gasteiger partial charge is 0.351 e. The summed E-state index contributed by atoms with van der Waals surface area (Å²) in [5.74, 6) is -0.187. The summed E-state index contributed by atoms with van der Waals surface area (Å²) in [4.78, 5) is 24.9. The number of nitrogens with one attached hydrogen (secondary N) is 1. The first-order valence-corrected chi connectivity index (χ1v) is 9.32. The van der Waals surface area contributed by atoms with Crippen LogP contribution >= 0.6 is 11.8 Å². The molecular weight excluding hydrogens is 344 g/mol. The lowest BCUT2D eigenvalue weighted by molar-refractivity contribution is 0.0948. The monoisotopic (exact) mass is 362 g/mol. The molecule has 0 saturated heterocycles. The summed E-state index contributed by atoms with van der Waals surface area (Å²) in [6.07, 6.45) is 5.39. The maximum atomic E-state index is 12.1. The number of nitrogens with zero attached hydrogens (tertiary/aromatic N) is 3. The number of aromatic nitrogens is 2. The molecule has 1 aromatic heterocycles. The summed E-state index contributed by atoms with van der Waals surface area (Å²) < 4.78 is 0. The van der Waals surface area contributed by atoms with Gasteiger partial charge in [-0.1, -0.05) is 36.0 Å². The first-order chi connectivity index (χ1) is 12.8. The predicted octanol–water partition coefficient (Wildman–Crippen LogP) is 3.90. The molecule has 1 N–H and O–H groups in total. The molecule has 5 nitrogen and oxygen atoms in total. The van der Waals surface area contributed by atoms with Gasteiger partial charge >= 0.3 is 0 Å². The van der Waals surface area contributed by atoms with E-state index in [9.17, 15) is 4.79 Å². The van der Waals surface area contributed by atoms with E-state index in [1.54, 1.807) is 18.0 Å². The Morgan fingerprint density at radius 2 is 1.69 bits per heavy atom. The minimum absolute atomic E-state index is 0.187. The van der Waals surface area contributed by atoms with Gasteiger partial charge in [-0.3, -0.25) is 9.78 Å². The second kappa shape index (κ2) is 7.58. The van der Waals surface area contributed by atoms with Gasteiger partial charge < -0.3 is 10.2 Å². The molecule has 0 unspecified atom stereocenters. The van der Waals surface area contributed by atoms with Gasteiger partial charge in [0.05, 0.1) is 17.6 Å². The molecule has 0 spiro atoms.